The number of halogens is 2. The molecule has 0 aliphatic rings. The number of anilines is 1. The molecule has 0 unspecified atom stereocenters. The number of hydrogen-bond donors (Lipinski definition) is 3. The number of rotatable bonds is 5. The van der Waals surface area contributed by atoms with Crippen LogP contribution in [0.15, 0.2) is 47.5 Å². The van der Waals surface area contributed by atoms with Crippen LogP contribution in [0.3, 0.4) is 0 Å². The van der Waals surface area contributed by atoms with Crippen LogP contribution < -0.4 is 16.0 Å². The Hall–Kier alpha value is -2.60. The van der Waals surface area contributed by atoms with Crippen molar-refractivity contribution in [2.24, 2.45) is 4.99 Å². The molecule has 0 bridgehead atoms. The summed E-state index contributed by atoms with van der Waals surface area (Å²) < 4.78 is 13.6. The Balaban J connectivity index is 0.00000364. The zero-order chi connectivity index (χ0) is 18.9. The van der Waals surface area contributed by atoms with Crippen LogP contribution in [0, 0.1) is 25.1 Å². The fourth-order valence-electron chi connectivity index (χ4n) is 2.21. The Labute approximate surface area is 175 Å². The molecule has 0 saturated carbocycles. The van der Waals surface area contributed by atoms with Gasteiger partial charge in [-0.2, -0.15) is 0 Å². The molecule has 3 N–H and O–H groups in total. The molecule has 0 aromatic heterocycles. The minimum absolute atomic E-state index is 0. The number of nitrogens with zero attached hydrogens (tertiary/aromatic N) is 1. The minimum atomic E-state index is -0.249. The van der Waals surface area contributed by atoms with Gasteiger partial charge in [0, 0.05) is 24.8 Å². The van der Waals surface area contributed by atoms with E-state index in [1.54, 1.807) is 44.3 Å². The molecule has 0 radical (unpaired) electrons. The first kappa shape index (κ1) is 22.4. The third-order valence-corrected chi connectivity index (χ3v) is 3.65. The molecule has 142 valence electrons. The SMILES string of the molecule is C#Cc1cccc(NC(=O)CNC(=NC)NCc2ccc(C)c(F)c2)c1.I. The Morgan fingerprint density at radius 3 is 2.67 bits per heavy atom. The van der Waals surface area contributed by atoms with Gasteiger partial charge in [-0.3, -0.25) is 9.79 Å². The number of benzene rings is 2. The molecule has 0 aliphatic heterocycles. The van der Waals surface area contributed by atoms with Crippen molar-refractivity contribution in [2.45, 2.75) is 13.5 Å². The maximum absolute atomic E-state index is 13.6. The molecule has 7 heteroatoms. The lowest BCUT2D eigenvalue weighted by atomic mass is 10.1. The van der Waals surface area contributed by atoms with Gasteiger partial charge in [-0.25, -0.2) is 4.39 Å². The van der Waals surface area contributed by atoms with Crippen molar-refractivity contribution < 1.29 is 9.18 Å². The van der Waals surface area contributed by atoms with Gasteiger partial charge in [0.2, 0.25) is 5.91 Å². The number of carbonyl (C=O) groups excluding carboxylic acids is 1. The van der Waals surface area contributed by atoms with Crippen LogP contribution in [0.5, 0.6) is 0 Å². The monoisotopic (exact) mass is 480 g/mol. The van der Waals surface area contributed by atoms with Gasteiger partial charge in [0.15, 0.2) is 5.96 Å². The second kappa shape index (κ2) is 11.2. The predicted octanol–water partition coefficient (Wildman–Crippen LogP) is 3.04. The highest BCUT2D eigenvalue weighted by Gasteiger charge is 2.05. The van der Waals surface area contributed by atoms with Crippen LogP contribution in [0.2, 0.25) is 0 Å². The maximum Gasteiger partial charge on any atom is 0.243 e. The molecule has 0 spiro atoms. The van der Waals surface area contributed by atoms with E-state index in [9.17, 15) is 9.18 Å². The van der Waals surface area contributed by atoms with Gasteiger partial charge in [0.05, 0.1) is 6.54 Å². The van der Waals surface area contributed by atoms with Gasteiger partial charge in [-0.05, 0) is 42.3 Å². The van der Waals surface area contributed by atoms with Gasteiger partial charge in [0.1, 0.15) is 5.82 Å². The molecule has 1 amide bonds. The van der Waals surface area contributed by atoms with Crippen LogP contribution in [-0.4, -0.2) is 25.5 Å². The maximum atomic E-state index is 13.6. The number of hydrogen-bond acceptors (Lipinski definition) is 2. The molecular weight excluding hydrogens is 458 g/mol. The Morgan fingerprint density at radius 2 is 2.00 bits per heavy atom. The second-order valence-corrected chi connectivity index (χ2v) is 5.64. The fourth-order valence-corrected chi connectivity index (χ4v) is 2.21. The van der Waals surface area contributed by atoms with E-state index in [2.05, 4.69) is 26.9 Å². The zero-order valence-electron chi connectivity index (χ0n) is 15.2. The average molecular weight is 480 g/mol. The molecule has 27 heavy (non-hydrogen) atoms. The van der Waals surface area contributed by atoms with Crippen molar-refractivity contribution in [1.82, 2.24) is 10.6 Å². The number of nitrogens with one attached hydrogen (secondary N) is 3. The standard InChI is InChI=1S/C20H21FN4O.HI/c1-4-15-6-5-7-17(10-15)25-19(26)13-24-20(22-3)23-12-16-9-8-14(2)18(21)11-16;/h1,5-11H,12-13H2,2-3H3,(H,25,26)(H2,22,23,24);1H. The quantitative estimate of drug-likeness (QED) is 0.267. The summed E-state index contributed by atoms with van der Waals surface area (Å²) in [6.07, 6.45) is 5.34. The molecular formula is C20H22FIN4O. The topological polar surface area (TPSA) is 65.5 Å². The van der Waals surface area contributed by atoms with E-state index in [1.807, 2.05) is 6.07 Å². The van der Waals surface area contributed by atoms with Gasteiger partial charge >= 0.3 is 0 Å². The van der Waals surface area contributed by atoms with Crippen LogP contribution >= 0.6 is 24.0 Å². The smallest absolute Gasteiger partial charge is 0.243 e. The number of terminal acetylenes is 1. The third-order valence-electron chi connectivity index (χ3n) is 3.65. The number of carbonyl (C=O) groups is 1. The van der Waals surface area contributed by atoms with E-state index in [0.717, 1.165) is 5.56 Å². The first-order chi connectivity index (χ1) is 12.5. The molecule has 5 nitrogen and oxygen atoms in total. The Morgan fingerprint density at radius 1 is 1.22 bits per heavy atom. The molecule has 0 saturated heterocycles. The molecule has 0 heterocycles. The van der Waals surface area contributed by atoms with E-state index in [4.69, 9.17) is 6.42 Å². The minimum Gasteiger partial charge on any atom is -0.352 e. The van der Waals surface area contributed by atoms with E-state index in [1.165, 1.54) is 6.07 Å². The summed E-state index contributed by atoms with van der Waals surface area (Å²) >= 11 is 0. The van der Waals surface area contributed by atoms with Crippen molar-refractivity contribution in [2.75, 3.05) is 18.9 Å². The van der Waals surface area contributed by atoms with Crippen LogP contribution in [-0.2, 0) is 11.3 Å². The highest BCUT2D eigenvalue weighted by Crippen LogP contribution is 2.10. The van der Waals surface area contributed by atoms with Crippen molar-refractivity contribution in [1.29, 1.82) is 0 Å². The summed E-state index contributed by atoms with van der Waals surface area (Å²) in [6.45, 7) is 2.13. The number of guanidine groups is 1. The summed E-state index contributed by atoms with van der Waals surface area (Å²) in [6, 6.07) is 12.1. The summed E-state index contributed by atoms with van der Waals surface area (Å²) in [7, 11) is 1.60. The Kier molecular flexibility index (Phi) is 9.30. The van der Waals surface area contributed by atoms with Gasteiger partial charge in [-0.15, -0.1) is 30.4 Å². The lowest BCUT2D eigenvalue weighted by Gasteiger charge is -2.12. The van der Waals surface area contributed by atoms with E-state index in [0.29, 0.717) is 29.3 Å². The largest absolute Gasteiger partial charge is 0.352 e. The number of aryl methyl sites for hydroxylation is 1. The second-order valence-electron chi connectivity index (χ2n) is 5.64. The van der Waals surface area contributed by atoms with Gasteiger partial charge in [-0.1, -0.05) is 24.1 Å². The first-order valence-electron chi connectivity index (χ1n) is 8.08. The van der Waals surface area contributed by atoms with Gasteiger partial charge in [0.25, 0.3) is 0 Å². The summed E-state index contributed by atoms with van der Waals surface area (Å²) in [5.41, 5.74) is 2.71. The lowest BCUT2D eigenvalue weighted by Crippen LogP contribution is -2.41. The van der Waals surface area contributed by atoms with Crippen LogP contribution in [0.1, 0.15) is 16.7 Å². The normalized spacial score (nSPS) is 10.4. The van der Waals surface area contributed by atoms with Crippen molar-refractivity contribution in [3.63, 3.8) is 0 Å². The third kappa shape index (κ3) is 7.27. The molecule has 0 atom stereocenters. The Bertz CT molecular complexity index is 861. The first-order valence-corrected chi connectivity index (χ1v) is 8.08. The van der Waals surface area contributed by atoms with E-state index < -0.39 is 0 Å². The summed E-state index contributed by atoms with van der Waals surface area (Å²) in [5.74, 6) is 2.48. The number of aliphatic imine (C=N–C) groups is 1. The van der Waals surface area contributed by atoms with Crippen LogP contribution in [0.4, 0.5) is 10.1 Å². The molecule has 0 aliphatic carbocycles. The van der Waals surface area contributed by atoms with Crippen molar-refractivity contribution >= 4 is 41.5 Å². The molecule has 0 fully saturated rings. The van der Waals surface area contributed by atoms with Crippen LogP contribution in [0.25, 0.3) is 0 Å². The zero-order valence-corrected chi connectivity index (χ0v) is 17.5. The van der Waals surface area contributed by atoms with E-state index >= 15 is 0 Å². The highest BCUT2D eigenvalue weighted by atomic mass is 127. The molecule has 2 aromatic rings. The van der Waals surface area contributed by atoms with E-state index in [-0.39, 0.29) is 42.2 Å². The average Bonchev–Trinajstić information content (AvgIpc) is 2.64. The molecule has 2 rings (SSSR count). The molecule has 2 aromatic carbocycles. The van der Waals surface area contributed by atoms with Crippen molar-refractivity contribution in [3.8, 4) is 12.3 Å². The summed E-state index contributed by atoms with van der Waals surface area (Å²) in [5, 5.41) is 8.70. The number of amides is 1. The van der Waals surface area contributed by atoms with Gasteiger partial charge < -0.3 is 16.0 Å². The fraction of sp³-hybridized carbons (Fsp3) is 0.200. The predicted molar refractivity (Wildman–Crippen MR) is 118 cm³/mol. The highest BCUT2D eigenvalue weighted by molar-refractivity contribution is 14.0. The lowest BCUT2D eigenvalue weighted by molar-refractivity contribution is -0.115. The summed E-state index contributed by atoms with van der Waals surface area (Å²) in [4.78, 5) is 16.1. The van der Waals surface area contributed by atoms with Crippen molar-refractivity contribution in [3.05, 3.63) is 65.0 Å².